The number of hydrogen-bond donors (Lipinski definition) is 2. The van der Waals surface area contributed by atoms with E-state index in [-0.39, 0.29) is 12.2 Å². The van der Waals surface area contributed by atoms with Crippen molar-refractivity contribution in [3.05, 3.63) is 216 Å². The summed E-state index contributed by atoms with van der Waals surface area (Å²) in [7, 11) is 0. The van der Waals surface area contributed by atoms with Gasteiger partial charge in [-0.2, -0.15) is 0 Å². The maximum Gasteiger partial charge on any atom is 0.143 e. The van der Waals surface area contributed by atoms with Crippen LogP contribution in [0.2, 0.25) is 0 Å². The molecule has 5 nitrogen and oxygen atoms in total. The van der Waals surface area contributed by atoms with E-state index in [2.05, 4.69) is 204 Å². The molecule has 0 aliphatic carbocycles. The maximum atomic E-state index is 6.91. The van der Waals surface area contributed by atoms with Crippen LogP contribution in [0, 0.1) is 0 Å². The summed E-state index contributed by atoms with van der Waals surface area (Å²) in [5.41, 5.74) is 15.4. The second kappa shape index (κ2) is 14.6. The third-order valence-corrected chi connectivity index (χ3v) is 15.1. The van der Waals surface area contributed by atoms with E-state index >= 15 is 0 Å². The van der Waals surface area contributed by atoms with Crippen molar-refractivity contribution in [2.24, 2.45) is 0 Å². The van der Waals surface area contributed by atoms with Crippen molar-refractivity contribution in [1.82, 2.24) is 15.2 Å². The smallest absolute Gasteiger partial charge is 0.143 e. The van der Waals surface area contributed by atoms with Crippen LogP contribution < -0.4 is 10.6 Å². The monoisotopic (exact) mass is 867 g/mol. The molecule has 0 saturated heterocycles. The van der Waals surface area contributed by atoms with E-state index < -0.39 is 0 Å². The van der Waals surface area contributed by atoms with Crippen LogP contribution in [0.25, 0.3) is 108 Å². The number of para-hydroxylation sites is 4. The average molecular weight is 868 g/mol. The molecule has 14 rings (SSSR count). The van der Waals surface area contributed by atoms with E-state index in [4.69, 9.17) is 8.83 Å². The minimum absolute atomic E-state index is 0.0450. The lowest BCUT2D eigenvalue weighted by Gasteiger charge is -2.37. The Bertz CT molecular complexity index is 4080. The molecule has 0 radical (unpaired) electrons. The number of hydrogen-bond acceptors (Lipinski definition) is 5. The van der Waals surface area contributed by atoms with E-state index in [1.807, 2.05) is 23.5 Å². The summed E-state index contributed by atoms with van der Waals surface area (Å²) < 4.78 is 18.2. The predicted octanol–water partition coefficient (Wildman–Crippen LogP) is 16.4. The highest BCUT2D eigenvalue weighted by atomic mass is 32.1. The molecule has 1 aliphatic heterocycles. The van der Waals surface area contributed by atoms with Gasteiger partial charge in [-0.3, -0.25) is 5.32 Å². The van der Waals surface area contributed by atoms with Gasteiger partial charge >= 0.3 is 0 Å². The number of aromatic nitrogens is 1. The summed E-state index contributed by atoms with van der Waals surface area (Å²) >= 11 is 1.86. The molecule has 2 N–H and O–H groups in total. The number of fused-ring (bicyclic) bond motifs is 12. The Morgan fingerprint density at radius 2 is 1.20 bits per heavy atom. The molecule has 2 unspecified atom stereocenters. The van der Waals surface area contributed by atoms with Crippen molar-refractivity contribution in [1.29, 1.82) is 0 Å². The zero-order chi connectivity index (χ0) is 43.5. The van der Waals surface area contributed by atoms with Crippen molar-refractivity contribution >= 4 is 103 Å². The standard InChI is InChI=1S/C60H41N3O2S/c1-2-39-57(61-60(35-14-4-3-5-15-35)62-58(39)37-26-29-43-42-18-8-11-24-51(42)64-53(43)33-37)36-27-31-52-48(32-36)46-21-12-20-45(59(46)65-52)44-19-13-25-54-56(44)47-30-28-38(34-55(47)66-54)63-49-22-9-6-16-40(49)41-17-7-10-23-50(41)63/h3-34,58,60-62H,2H2,1H3. The first kappa shape index (κ1) is 37.5. The van der Waals surface area contributed by atoms with Gasteiger partial charge in [-0.25, -0.2) is 0 Å². The molecule has 13 aromatic rings. The van der Waals surface area contributed by atoms with Crippen LogP contribution in [-0.2, 0) is 0 Å². The van der Waals surface area contributed by atoms with E-state index in [0.717, 1.165) is 67.1 Å². The molecule has 66 heavy (non-hydrogen) atoms. The lowest BCUT2D eigenvalue weighted by molar-refractivity contribution is 0.421. The first-order valence-electron chi connectivity index (χ1n) is 22.8. The minimum Gasteiger partial charge on any atom is -0.456 e. The fourth-order valence-electron chi connectivity index (χ4n) is 10.9. The van der Waals surface area contributed by atoms with Crippen molar-refractivity contribution < 1.29 is 8.83 Å². The van der Waals surface area contributed by atoms with E-state index in [9.17, 15) is 0 Å². The average Bonchev–Trinajstić information content (AvgIpc) is 4.14. The number of furan rings is 2. The van der Waals surface area contributed by atoms with Crippen LogP contribution in [0.5, 0.6) is 0 Å². The fraction of sp³-hybridized carbons (Fsp3) is 0.0667. The highest BCUT2D eigenvalue weighted by Gasteiger charge is 2.31. The molecular formula is C60H41N3O2S. The topological polar surface area (TPSA) is 55.3 Å². The summed E-state index contributed by atoms with van der Waals surface area (Å²) in [5, 5.41) is 17.5. The molecule has 5 heterocycles. The molecule has 6 heteroatoms. The highest BCUT2D eigenvalue weighted by Crippen LogP contribution is 2.46. The summed E-state index contributed by atoms with van der Waals surface area (Å²) in [6.07, 6.45) is 0.738. The Kier molecular flexibility index (Phi) is 8.27. The Morgan fingerprint density at radius 1 is 0.500 bits per heavy atom. The molecule has 9 aromatic carbocycles. The molecule has 2 atom stereocenters. The molecule has 1 aliphatic rings. The highest BCUT2D eigenvalue weighted by molar-refractivity contribution is 7.26. The predicted molar refractivity (Wildman–Crippen MR) is 276 cm³/mol. The summed E-state index contributed by atoms with van der Waals surface area (Å²) in [6, 6.07) is 70.0. The number of nitrogens with zero attached hydrogens (tertiary/aromatic N) is 1. The minimum atomic E-state index is -0.116. The molecular weight excluding hydrogens is 827 g/mol. The largest absolute Gasteiger partial charge is 0.456 e. The van der Waals surface area contributed by atoms with Crippen molar-refractivity contribution in [3.63, 3.8) is 0 Å². The van der Waals surface area contributed by atoms with Gasteiger partial charge < -0.3 is 18.7 Å². The number of nitrogens with one attached hydrogen (secondary N) is 2. The summed E-state index contributed by atoms with van der Waals surface area (Å²) in [6.45, 7) is 2.26. The number of thiophene rings is 1. The zero-order valence-electron chi connectivity index (χ0n) is 36.0. The van der Waals surface area contributed by atoms with E-state index in [1.54, 1.807) is 0 Å². The van der Waals surface area contributed by atoms with E-state index in [1.165, 1.54) is 69.9 Å². The van der Waals surface area contributed by atoms with Crippen LogP contribution in [0.1, 0.15) is 42.2 Å². The Balaban J connectivity index is 0.896. The molecule has 0 bridgehead atoms. The van der Waals surface area contributed by atoms with Gasteiger partial charge in [-0.1, -0.05) is 140 Å². The van der Waals surface area contributed by atoms with Crippen LogP contribution in [0.3, 0.4) is 0 Å². The normalized spacial score (nSPS) is 15.7. The van der Waals surface area contributed by atoms with Gasteiger partial charge in [0.25, 0.3) is 0 Å². The molecule has 4 aromatic heterocycles. The summed E-state index contributed by atoms with van der Waals surface area (Å²) in [4.78, 5) is 0. The summed E-state index contributed by atoms with van der Waals surface area (Å²) in [5.74, 6) is 0. The van der Waals surface area contributed by atoms with Gasteiger partial charge in [0.1, 0.15) is 28.5 Å². The molecule has 314 valence electrons. The van der Waals surface area contributed by atoms with Gasteiger partial charge in [0.05, 0.1) is 17.1 Å². The molecule has 0 saturated carbocycles. The third-order valence-electron chi connectivity index (χ3n) is 13.9. The Labute approximate surface area is 383 Å². The lowest BCUT2D eigenvalue weighted by atomic mass is 9.88. The van der Waals surface area contributed by atoms with Gasteiger partial charge in [0.15, 0.2) is 0 Å². The fourth-order valence-corrected chi connectivity index (χ4v) is 12.1. The molecule has 0 spiro atoms. The first-order valence-corrected chi connectivity index (χ1v) is 23.6. The maximum absolute atomic E-state index is 6.91. The SMILES string of the molecule is CCC1=C(c2ccc3oc4c(-c5cccc6sc7cc(-n8c9ccccc9c9ccccc98)ccc7c56)cccc4c3c2)NC(c2ccccc2)NC1c1ccc2c(c1)oc1ccccc12. The van der Waals surface area contributed by atoms with Crippen LogP contribution >= 0.6 is 11.3 Å². The molecule has 0 fully saturated rings. The van der Waals surface area contributed by atoms with Crippen LogP contribution in [0.4, 0.5) is 0 Å². The number of benzene rings is 9. The van der Waals surface area contributed by atoms with Gasteiger partial charge in [-0.15, -0.1) is 11.3 Å². The second-order valence-electron chi connectivity index (χ2n) is 17.5. The quantitative estimate of drug-likeness (QED) is 0.175. The van der Waals surface area contributed by atoms with Gasteiger partial charge in [-0.05, 0) is 94.9 Å². The third kappa shape index (κ3) is 5.62. The van der Waals surface area contributed by atoms with E-state index in [0.29, 0.717) is 0 Å². The second-order valence-corrected chi connectivity index (χ2v) is 18.6. The van der Waals surface area contributed by atoms with Crippen molar-refractivity contribution in [3.8, 4) is 16.8 Å². The zero-order valence-corrected chi connectivity index (χ0v) is 36.8. The van der Waals surface area contributed by atoms with Crippen LogP contribution in [-0.4, -0.2) is 4.57 Å². The Hall–Kier alpha value is -7.90. The first-order chi connectivity index (χ1) is 32.7. The van der Waals surface area contributed by atoms with Gasteiger partial charge in [0, 0.05) is 69.4 Å². The van der Waals surface area contributed by atoms with Crippen LogP contribution in [0.15, 0.2) is 209 Å². The Morgan fingerprint density at radius 3 is 2.03 bits per heavy atom. The van der Waals surface area contributed by atoms with Crippen molar-refractivity contribution in [2.75, 3.05) is 0 Å². The number of rotatable bonds is 6. The lowest BCUT2D eigenvalue weighted by Crippen LogP contribution is -2.42. The molecule has 0 amide bonds. The van der Waals surface area contributed by atoms with Gasteiger partial charge in [0.2, 0.25) is 0 Å². The van der Waals surface area contributed by atoms with Crippen molar-refractivity contribution in [2.45, 2.75) is 25.6 Å².